The van der Waals surface area contributed by atoms with Gasteiger partial charge >= 0.3 is 0 Å². The van der Waals surface area contributed by atoms with Crippen LogP contribution in [0.2, 0.25) is 0 Å². The lowest BCUT2D eigenvalue weighted by Crippen LogP contribution is -2.23. The van der Waals surface area contributed by atoms with E-state index in [2.05, 4.69) is 5.32 Å². The summed E-state index contributed by atoms with van der Waals surface area (Å²) >= 11 is 4.75. The van der Waals surface area contributed by atoms with Crippen LogP contribution in [0, 0.1) is 0 Å². The third-order valence-corrected chi connectivity index (χ3v) is 3.73. The van der Waals surface area contributed by atoms with Gasteiger partial charge in [0.05, 0.1) is 0 Å². The van der Waals surface area contributed by atoms with Crippen LogP contribution < -0.4 is 11.1 Å². The van der Waals surface area contributed by atoms with Crippen LogP contribution >= 0.6 is 12.2 Å². The molecule has 0 aliphatic heterocycles. The van der Waals surface area contributed by atoms with Gasteiger partial charge in [-0.05, 0) is 49.7 Å². The van der Waals surface area contributed by atoms with Gasteiger partial charge in [-0.3, -0.25) is 0 Å². The van der Waals surface area contributed by atoms with E-state index in [-0.39, 0.29) is 10.9 Å². The zero-order valence-corrected chi connectivity index (χ0v) is 11.8. The van der Waals surface area contributed by atoms with E-state index in [1.807, 2.05) is 6.07 Å². The molecule has 0 saturated heterocycles. The second kappa shape index (κ2) is 5.17. The average molecular weight is 288 g/mol. The summed E-state index contributed by atoms with van der Waals surface area (Å²) < 4.78 is 5.90. The Morgan fingerprint density at radius 2 is 2.15 bits per heavy atom. The van der Waals surface area contributed by atoms with Crippen molar-refractivity contribution in [1.82, 2.24) is 5.32 Å². The lowest BCUT2D eigenvalue weighted by molar-refractivity contribution is 0.474. The number of thiocarbonyl (C=S) groups is 1. The first-order valence-electron chi connectivity index (χ1n) is 6.65. The standard InChI is InChI=1S/C15H16N2O2S/c16-15(20)17-8-7-9-11(18)5-6-13-14(9)10-3-1-2-4-12(10)19-13/h5-8,18H,1-4H2,(H3,16,17,20). The van der Waals surface area contributed by atoms with Crippen molar-refractivity contribution in [2.24, 2.45) is 5.73 Å². The molecule has 1 aliphatic carbocycles. The van der Waals surface area contributed by atoms with E-state index in [0.29, 0.717) is 0 Å². The molecule has 1 aliphatic rings. The number of phenols is 1. The van der Waals surface area contributed by atoms with Crippen molar-refractivity contribution in [2.75, 3.05) is 0 Å². The maximum atomic E-state index is 10.1. The SMILES string of the molecule is NC(=S)NC=Cc1c(O)ccc2oc3c(c12)CCCC3. The van der Waals surface area contributed by atoms with Gasteiger partial charge in [-0.25, -0.2) is 0 Å². The van der Waals surface area contributed by atoms with Crippen LogP contribution in [0.3, 0.4) is 0 Å². The molecule has 20 heavy (non-hydrogen) atoms. The molecule has 2 aromatic rings. The summed E-state index contributed by atoms with van der Waals surface area (Å²) in [6, 6.07) is 3.47. The molecular formula is C15H16N2O2S. The lowest BCUT2D eigenvalue weighted by Gasteiger charge is -2.10. The molecule has 0 unspecified atom stereocenters. The van der Waals surface area contributed by atoms with Gasteiger partial charge in [0.15, 0.2) is 5.11 Å². The summed E-state index contributed by atoms with van der Waals surface area (Å²) in [5, 5.41) is 14.1. The molecule has 0 radical (unpaired) electrons. The van der Waals surface area contributed by atoms with Gasteiger partial charge in [-0.1, -0.05) is 0 Å². The predicted molar refractivity (Wildman–Crippen MR) is 83.5 cm³/mol. The summed E-state index contributed by atoms with van der Waals surface area (Å²) in [6.07, 6.45) is 7.70. The highest BCUT2D eigenvalue weighted by Crippen LogP contribution is 2.37. The van der Waals surface area contributed by atoms with Gasteiger partial charge in [-0.15, -0.1) is 0 Å². The maximum absolute atomic E-state index is 10.1. The van der Waals surface area contributed by atoms with Crippen LogP contribution in [0.4, 0.5) is 0 Å². The maximum Gasteiger partial charge on any atom is 0.167 e. The van der Waals surface area contributed by atoms with Crippen molar-refractivity contribution in [2.45, 2.75) is 25.7 Å². The van der Waals surface area contributed by atoms with Crippen molar-refractivity contribution in [3.05, 3.63) is 35.2 Å². The quantitative estimate of drug-likeness (QED) is 0.741. The molecule has 1 aromatic carbocycles. The first-order valence-corrected chi connectivity index (χ1v) is 7.06. The van der Waals surface area contributed by atoms with Crippen molar-refractivity contribution in [3.63, 3.8) is 0 Å². The fraction of sp³-hybridized carbons (Fsp3) is 0.267. The molecule has 4 N–H and O–H groups in total. The van der Waals surface area contributed by atoms with Gasteiger partial charge in [0.25, 0.3) is 0 Å². The molecule has 0 saturated carbocycles. The fourth-order valence-corrected chi connectivity index (χ4v) is 2.82. The Balaban J connectivity index is 2.13. The molecule has 0 atom stereocenters. The smallest absolute Gasteiger partial charge is 0.167 e. The third kappa shape index (κ3) is 2.25. The van der Waals surface area contributed by atoms with Crippen LogP contribution in [0.25, 0.3) is 17.0 Å². The van der Waals surface area contributed by atoms with Crippen molar-refractivity contribution in [1.29, 1.82) is 0 Å². The van der Waals surface area contributed by atoms with Crippen LogP contribution in [-0.4, -0.2) is 10.2 Å². The minimum Gasteiger partial charge on any atom is -0.507 e. The topological polar surface area (TPSA) is 71.4 Å². The van der Waals surface area contributed by atoms with Crippen LogP contribution in [0.5, 0.6) is 5.75 Å². The van der Waals surface area contributed by atoms with Gasteiger partial charge in [0, 0.05) is 29.1 Å². The lowest BCUT2D eigenvalue weighted by atomic mass is 9.93. The Morgan fingerprint density at radius 3 is 2.95 bits per heavy atom. The van der Waals surface area contributed by atoms with Crippen LogP contribution in [0.1, 0.15) is 29.7 Å². The molecule has 3 rings (SSSR count). The number of rotatable bonds is 2. The number of furan rings is 1. The predicted octanol–water partition coefficient (Wildman–Crippen LogP) is 2.82. The Bertz CT molecular complexity index is 703. The number of aromatic hydroxyl groups is 1. The number of aryl methyl sites for hydroxylation is 2. The number of hydrogen-bond acceptors (Lipinski definition) is 3. The second-order valence-electron chi connectivity index (χ2n) is 4.92. The summed E-state index contributed by atoms with van der Waals surface area (Å²) in [7, 11) is 0. The van der Waals surface area contributed by atoms with Crippen LogP contribution in [0.15, 0.2) is 22.7 Å². The Labute approximate surface area is 122 Å². The van der Waals surface area contributed by atoms with Gasteiger partial charge in [0.1, 0.15) is 17.1 Å². The van der Waals surface area contributed by atoms with E-state index in [4.69, 9.17) is 22.4 Å². The van der Waals surface area contributed by atoms with Crippen molar-refractivity contribution < 1.29 is 9.52 Å². The number of hydrogen-bond donors (Lipinski definition) is 3. The van der Waals surface area contributed by atoms with Gasteiger partial charge < -0.3 is 20.6 Å². The molecule has 5 heteroatoms. The van der Waals surface area contributed by atoms with Crippen molar-refractivity contribution in [3.8, 4) is 5.75 Å². The highest BCUT2D eigenvalue weighted by molar-refractivity contribution is 7.80. The molecule has 4 nitrogen and oxygen atoms in total. The number of phenolic OH excluding ortho intramolecular Hbond substituents is 1. The Kier molecular flexibility index (Phi) is 3.36. The third-order valence-electron chi connectivity index (χ3n) is 3.61. The number of fused-ring (bicyclic) bond motifs is 3. The molecular weight excluding hydrogens is 272 g/mol. The second-order valence-corrected chi connectivity index (χ2v) is 5.36. The minimum atomic E-state index is 0.196. The largest absolute Gasteiger partial charge is 0.507 e. The normalized spacial score (nSPS) is 14.6. The number of benzene rings is 1. The van der Waals surface area contributed by atoms with Gasteiger partial charge in [0.2, 0.25) is 0 Å². The van der Waals surface area contributed by atoms with E-state index in [9.17, 15) is 5.11 Å². The monoisotopic (exact) mass is 288 g/mol. The molecule has 1 aromatic heterocycles. The van der Waals surface area contributed by atoms with Crippen molar-refractivity contribution >= 4 is 34.4 Å². The number of nitrogens with one attached hydrogen (secondary N) is 1. The highest BCUT2D eigenvalue weighted by atomic mass is 32.1. The van der Waals surface area contributed by atoms with E-state index < -0.39 is 0 Å². The summed E-state index contributed by atoms with van der Waals surface area (Å²) in [6.45, 7) is 0. The Hall–Kier alpha value is -2.01. The van der Waals surface area contributed by atoms with E-state index in [1.54, 1.807) is 18.3 Å². The number of nitrogens with two attached hydrogens (primary N) is 1. The highest BCUT2D eigenvalue weighted by Gasteiger charge is 2.20. The summed E-state index contributed by atoms with van der Waals surface area (Å²) in [5.41, 5.74) is 8.18. The molecule has 104 valence electrons. The average Bonchev–Trinajstić information content (AvgIpc) is 2.79. The molecule has 0 spiro atoms. The molecule has 0 fully saturated rings. The fourth-order valence-electron chi connectivity index (χ4n) is 2.75. The van der Waals surface area contributed by atoms with Crippen LogP contribution in [-0.2, 0) is 12.8 Å². The van der Waals surface area contributed by atoms with Gasteiger partial charge in [-0.2, -0.15) is 0 Å². The molecule has 1 heterocycles. The van der Waals surface area contributed by atoms with E-state index in [1.165, 1.54) is 5.56 Å². The minimum absolute atomic E-state index is 0.196. The zero-order valence-electron chi connectivity index (χ0n) is 11.0. The first-order chi connectivity index (χ1) is 9.66. The first kappa shape index (κ1) is 13.0. The molecule has 0 bridgehead atoms. The zero-order chi connectivity index (χ0) is 14.1. The summed E-state index contributed by atoms with van der Waals surface area (Å²) in [4.78, 5) is 0. The van der Waals surface area contributed by atoms with E-state index in [0.717, 1.165) is 48.0 Å². The summed E-state index contributed by atoms with van der Waals surface area (Å²) in [5.74, 6) is 1.28. The van der Waals surface area contributed by atoms with E-state index >= 15 is 0 Å². The Morgan fingerprint density at radius 1 is 1.35 bits per heavy atom. The molecule has 0 amide bonds.